The molecular formula is C6H10N2O3. The molecule has 1 rings (SSSR count). The molecule has 11 heavy (non-hydrogen) atoms. The number of hydrogen-bond donors (Lipinski definition) is 2. The maximum Gasteiger partial charge on any atom is 0.309 e. The molecule has 1 fully saturated rings. The Bertz CT molecular complexity index is 181. The summed E-state index contributed by atoms with van der Waals surface area (Å²) in [6.45, 7) is 0.866. The molecule has 0 spiro atoms. The molecule has 0 aromatic heterocycles. The maximum atomic E-state index is 10.7. The van der Waals surface area contributed by atoms with Crippen molar-refractivity contribution in [2.24, 2.45) is 0 Å². The van der Waals surface area contributed by atoms with Gasteiger partial charge in [0.2, 0.25) is 0 Å². The van der Waals surface area contributed by atoms with Crippen molar-refractivity contribution in [1.29, 1.82) is 0 Å². The molecule has 5 heteroatoms. The second kappa shape index (κ2) is 3.34. The highest BCUT2D eigenvalue weighted by molar-refractivity contribution is 6.35. The van der Waals surface area contributed by atoms with Crippen molar-refractivity contribution in [2.45, 2.75) is 6.04 Å². The van der Waals surface area contributed by atoms with E-state index >= 15 is 0 Å². The minimum Gasteiger partial charge on any atom is -0.382 e. The zero-order valence-electron chi connectivity index (χ0n) is 6.22. The fraction of sp³-hybridized carbons (Fsp3) is 0.667. The van der Waals surface area contributed by atoms with E-state index in [9.17, 15) is 9.59 Å². The summed E-state index contributed by atoms with van der Waals surface area (Å²) in [5.41, 5.74) is 0. The van der Waals surface area contributed by atoms with Crippen LogP contribution in [0, 0.1) is 0 Å². The summed E-state index contributed by atoms with van der Waals surface area (Å²) in [7, 11) is 1.54. The fourth-order valence-corrected chi connectivity index (χ4v) is 0.900. The Labute approximate surface area is 64.1 Å². The number of nitrogens with one attached hydrogen (secondary N) is 2. The first kappa shape index (κ1) is 8.00. The number of carbonyl (C=O) groups is 2. The average molecular weight is 158 g/mol. The van der Waals surface area contributed by atoms with Crippen molar-refractivity contribution < 1.29 is 14.3 Å². The fourth-order valence-electron chi connectivity index (χ4n) is 0.900. The van der Waals surface area contributed by atoms with Crippen LogP contribution in [0.5, 0.6) is 0 Å². The van der Waals surface area contributed by atoms with Gasteiger partial charge in [-0.3, -0.25) is 9.59 Å². The summed E-state index contributed by atoms with van der Waals surface area (Å²) in [5, 5.41) is 4.93. The van der Waals surface area contributed by atoms with E-state index in [0.29, 0.717) is 13.2 Å². The SMILES string of the molecule is COCC1CNC(=O)C(=O)N1. The van der Waals surface area contributed by atoms with Crippen molar-refractivity contribution >= 4 is 11.8 Å². The third-order valence-electron chi connectivity index (χ3n) is 1.42. The molecule has 62 valence electrons. The summed E-state index contributed by atoms with van der Waals surface area (Å²) in [4.78, 5) is 21.3. The van der Waals surface area contributed by atoms with Gasteiger partial charge in [0.25, 0.3) is 0 Å². The molecule has 2 N–H and O–H groups in total. The molecule has 1 heterocycles. The van der Waals surface area contributed by atoms with Crippen LogP contribution >= 0.6 is 0 Å². The van der Waals surface area contributed by atoms with E-state index in [0.717, 1.165) is 0 Å². The number of rotatable bonds is 2. The monoisotopic (exact) mass is 158 g/mol. The lowest BCUT2D eigenvalue weighted by Crippen LogP contribution is -2.57. The Morgan fingerprint density at radius 3 is 2.82 bits per heavy atom. The number of methoxy groups -OCH3 is 1. The minimum atomic E-state index is -0.585. The molecule has 0 radical (unpaired) electrons. The zero-order chi connectivity index (χ0) is 8.27. The highest BCUT2D eigenvalue weighted by Gasteiger charge is 2.24. The normalized spacial score (nSPS) is 24.3. The molecule has 0 aromatic rings. The smallest absolute Gasteiger partial charge is 0.309 e. The summed E-state index contributed by atoms with van der Waals surface area (Å²) in [5.74, 6) is -1.16. The summed E-state index contributed by atoms with van der Waals surface area (Å²) in [6.07, 6.45) is 0. The third-order valence-corrected chi connectivity index (χ3v) is 1.42. The molecule has 0 aromatic carbocycles. The average Bonchev–Trinajstić information content (AvgIpc) is 1.98. The first-order valence-electron chi connectivity index (χ1n) is 3.31. The van der Waals surface area contributed by atoms with Gasteiger partial charge < -0.3 is 15.4 Å². The number of hydrogen-bond acceptors (Lipinski definition) is 3. The van der Waals surface area contributed by atoms with Crippen LogP contribution in [0.15, 0.2) is 0 Å². The second-order valence-electron chi connectivity index (χ2n) is 2.34. The zero-order valence-corrected chi connectivity index (χ0v) is 6.22. The van der Waals surface area contributed by atoms with Crippen LogP contribution in [-0.2, 0) is 14.3 Å². The third kappa shape index (κ3) is 1.91. The van der Waals surface area contributed by atoms with E-state index in [4.69, 9.17) is 4.74 Å². The van der Waals surface area contributed by atoms with Crippen molar-refractivity contribution in [3.8, 4) is 0 Å². The lowest BCUT2D eigenvalue weighted by atomic mass is 10.2. The van der Waals surface area contributed by atoms with Crippen molar-refractivity contribution in [2.75, 3.05) is 20.3 Å². The van der Waals surface area contributed by atoms with Crippen molar-refractivity contribution in [3.05, 3.63) is 0 Å². The largest absolute Gasteiger partial charge is 0.382 e. The molecule has 0 aliphatic carbocycles. The molecule has 1 atom stereocenters. The van der Waals surface area contributed by atoms with Crippen LogP contribution < -0.4 is 10.6 Å². The van der Waals surface area contributed by atoms with Crippen LogP contribution in [0.3, 0.4) is 0 Å². The van der Waals surface area contributed by atoms with Gasteiger partial charge in [-0.2, -0.15) is 0 Å². The Morgan fingerprint density at radius 2 is 2.27 bits per heavy atom. The van der Waals surface area contributed by atoms with Crippen LogP contribution in [0.25, 0.3) is 0 Å². The lowest BCUT2D eigenvalue weighted by Gasteiger charge is -2.22. The predicted octanol–water partition coefficient (Wildman–Crippen LogP) is -1.75. The second-order valence-corrected chi connectivity index (χ2v) is 2.34. The number of amides is 2. The van der Waals surface area contributed by atoms with Gasteiger partial charge in [0, 0.05) is 13.7 Å². The van der Waals surface area contributed by atoms with E-state index in [1.807, 2.05) is 0 Å². The standard InChI is InChI=1S/C6H10N2O3/c1-11-3-4-2-7-5(9)6(10)8-4/h4H,2-3H2,1H3,(H,7,9)(H,8,10). The van der Waals surface area contributed by atoms with Crippen LogP contribution in [0.1, 0.15) is 0 Å². The first-order chi connectivity index (χ1) is 5.24. The van der Waals surface area contributed by atoms with Crippen LogP contribution in [-0.4, -0.2) is 38.1 Å². The molecule has 1 aliphatic rings. The summed E-state index contributed by atoms with van der Waals surface area (Å²) < 4.78 is 4.80. The topological polar surface area (TPSA) is 67.4 Å². The van der Waals surface area contributed by atoms with E-state index in [1.165, 1.54) is 0 Å². The Morgan fingerprint density at radius 1 is 1.55 bits per heavy atom. The van der Waals surface area contributed by atoms with Crippen molar-refractivity contribution in [1.82, 2.24) is 10.6 Å². The number of carbonyl (C=O) groups excluding carboxylic acids is 2. The Balaban J connectivity index is 2.40. The van der Waals surface area contributed by atoms with E-state index in [-0.39, 0.29) is 6.04 Å². The first-order valence-corrected chi connectivity index (χ1v) is 3.31. The summed E-state index contributed by atoms with van der Waals surface area (Å²) in [6, 6.07) is -0.0924. The summed E-state index contributed by atoms with van der Waals surface area (Å²) >= 11 is 0. The van der Waals surface area contributed by atoms with Crippen LogP contribution in [0.4, 0.5) is 0 Å². The quantitative estimate of drug-likeness (QED) is 0.468. The Kier molecular flexibility index (Phi) is 2.43. The number of piperazine rings is 1. The van der Waals surface area contributed by atoms with Crippen LogP contribution in [0.2, 0.25) is 0 Å². The maximum absolute atomic E-state index is 10.7. The molecule has 5 nitrogen and oxygen atoms in total. The van der Waals surface area contributed by atoms with Gasteiger partial charge in [0.05, 0.1) is 12.6 Å². The molecule has 1 aliphatic heterocycles. The predicted molar refractivity (Wildman–Crippen MR) is 36.8 cm³/mol. The van der Waals surface area contributed by atoms with Gasteiger partial charge in [0.1, 0.15) is 0 Å². The highest BCUT2D eigenvalue weighted by atomic mass is 16.5. The molecule has 2 amide bonds. The van der Waals surface area contributed by atoms with Crippen molar-refractivity contribution in [3.63, 3.8) is 0 Å². The van der Waals surface area contributed by atoms with Gasteiger partial charge in [-0.15, -0.1) is 0 Å². The molecule has 0 saturated carbocycles. The van der Waals surface area contributed by atoms with Gasteiger partial charge in [0.15, 0.2) is 0 Å². The minimum absolute atomic E-state index is 0.0924. The molecule has 0 bridgehead atoms. The molecule has 1 saturated heterocycles. The Hall–Kier alpha value is -1.10. The molecular weight excluding hydrogens is 148 g/mol. The van der Waals surface area contributed by atoms with Gasteiger partial charge in [-0.1, -0.05) is 0 Å². The van der Waals surface area contributed by atoms with Gasteiger partial charge in [-0.05, 0) is 0 Å². The number of ether oxygens (including phenoxy) is 1. The van der Waals surface area contributed by atoms with Gasteiger partial charge in [-0.25, -0.2) is 0 Å². The van der Waals surface area contributed by atoms with Gasteiger partial charge >= 0.3 is 11.8 Å². The van der Waals surface area contributed by atoms with E-state index in [2.05, 4.69) is 10.6 Å². The van der Waals surface area contributed by atoms with E-state index in [1.54, 1.807) is 7.11 Å². The van der Waals surface area contributed by atoms with E-state index < -0.39 is 11.8 Å². The lowest BCUT2D eigenvalue weighted by molar-refractivity contribution is -0.141. The molecule has 1 unspecified atom stereocenters. The highest BCUT2D eigenvalue weighted by Crippen LogP contribution is 1.89.